The molecule has 0 radical (unpaired) electrons. The molecule has 0 bridgehead atoms. The van der Waals surface area contributed by atoms with E-state index >= 15 is 0 Å². The molecule has 1 aromatic rings. The molecule has 2 N–H and O–H groups in total. The summed E-state index contributed by atoms with van der Waals surface area (Å²) in [6.07, 6.45) is 3.12. The number of hydrogen-bond donors (Lipinski definition) is 2. The van der Waals surface area contributed by atoms with E-state index in [1.165, 1.54) is 0 Å². The van der Waals surface area contributed by atoms with Crippen molar-refractivity contribution in [2.75, 3.05) is 6.54 Å². The molecule has 17 heavy (non-hydrogen) atoms. The SMILES string of the molecule is CCCNC(CCn1cc(Cl)c(C)n1)C(=O)O. The van der Waals surface area contributed by atoms with Gasteiger partial charge in [0.15, 0.2) is 0 Å². The third-order valence-corrected chi connectivity index (χ3v) is 2.84. The number of halogens is 1. The molecule has 1 atom stereocenters. The highest BCUT2D eigenvalue weighted by Crippen LogP contribution is 2.12. The van der Waals surface area contributed by atoms with Gasteiger partial charge in [0.1, 0.15) is 6.04 Å². The van der Waals surface area contributed by atoms with Gasteiger partial charge in [-0.1, -0.05) is 18.5 Å². The standard InChI is InChI=1S/C11H18ClN3O2/c1-3-5-13-10(11(16)17)4-6-15-7-9(12)8(2)14-15/h7,10,13H,3-6H2,1-2H3,(H,16,17). The lowest BCUT2D eigenvalue weighted by Gasteiger charge is -2.13. The molecule has 0 saturated heterocycles. The molecule has 0 aliphatic rings. The van der Waals surface area contributed by atoms with Gasteiger partial charge in [-0.3, -0.25) is 9.48 Å². The van der Waals surface area contributed by atoms with Gasteiger partial charge < -0.3 is 10.4 Å². The van der Waals surface area contributed by atoms with Gasteiger partial charge >= 0.3 is 5.97 Å². The highest BCUT2D eigenvalue weighted by molar-refractivity contribution is 6.31. The lowest BCUT2D eigenvalue weighted by molar-refractivity contribution is -0.139. The largest absolute Gasteiger partial charge is 0.480 e. The Morgan fingerprint density at radius 2 is 2.41 bits per heavy atom. The van der Waals surface area contributed by atoms with Gasteiger partial charge in [0.25, 0.3) is 0 Å². The number of hydrogen-bond acceptors (Lipinski definition) is 3. The fourth-order valence-corrected chi connectivity index (χ4v) is 1.65. The predicted octanol–water partition coefficient (Wildman–Crippen LogP) is 1.69. The Kier molecular flexibility index (Phi) is 5.44. The normalized spacial score (nSPS) is 12.6. The van der Waals surface area contributed by atoms with Gasteiger partial charge in [-0.05, 0) is 26.3 Å². The zero-order chi connectivity index (χ0) is 12.8. The maximum atomic E-state index is 11.0. The van der Waals surface area contributed by atoms with E-state index in [1.807, 2.05) is 13.8 Å². The van der Waals surface area contributed by atoms with Crippen molar-refractivity contribution in [2.45, 2.75) is 39.3 Å². The number of carboxylic acids is 1. The smallest absolute Gasteiger partial charge is 0.320 e. The average Bonchev–Trinajstić information content (AvgIpc) is 2.58. The Hall–Kier alpha value is -1.07. The molecule has 96 valence electrons. The molecule has 0 saturated carbocycles. The van der Waals surface area contributed by atoms with E-state index in [0.29, 0.717) is 24.5 Å². The van der Waals surface area contributed by atoms with Gasteiger partial charge in [-0.2, -0.15) is 5.10 Å². The maximum Gasteiger partial charge on any atom is 0.320 e. The van der Waals surface area contributed by atoms with Crippen molar-refractivity contribution in [1.82, 2.24) is 15.1 Å². The van der Waals surface area contributed by atoms with Gasteiger partial charge in [0.05, 0.1) is 10.7 Å². The number of aromatic nitrogens is 2. The summed E-state index contributed by atoms with van der Waals surface area (Å²) in [7, 11) is 0. The monoisotopic (exact) mass is 259 g/mol. The van der Waals surface area contributed by atoms with Crippen LogP contribution in [0, 0.1) is 6.92 Å². The number of aliphatic carboxylic acids is 1. The van der Waals surface area contributed by atoms with Crippen LogP contribution in [0.4, 0.5) is 0 Å². The van der Waals surface area contributed by atoms with Crippen LogP contribution in [-0.2, 0) is 11.3 Å². The van der Waals surface area contributed by atoms with Crippen molar-refractivity contribution in [3.05, 3.63) is 16.9 Å². The second kappa shape index (κ2) is 6.61. The number of carbonyl (C=O) groups is 1. The quantitative estimate of drug-likeness (QED) is 0.782. The third-order valence-electron chi connectivity index (χ3n) is 2.47. The highest BCUT2D eigenvalue weighted by atomic mass is 35.5. The topological polar surface area (TPSA) is 67.2 Å². The summed E-state index contributed by atoms with van der Waals surface area (Å²) in [4.78, 5) is 11.0. The lowest BCUT2D eigenvalue weighted by atomic mass is 10.2. The highest BCUT2D eigenvalue weighted by Gasteiger charge is 2.16. The van der Waals surface area contributed by atoms with Crippen molar-refractivity contribution >= 4 is 17.6 Å². The van der Waals surface area contributed by atoms with Gasteiger partial charge in [0.2, 0.25) is 0 Å². The van der Waals surface area contributed by atoms with Crippen LogP contribution in [0.5, 0.6) is 0 Å². The molecule has 0 spiro atoms. The van der Waals surface area contributed by atoms with E-state index in [4.69, 9.17) is 16.7 Å². The summed E-state index contributed by atoms with van der Waals surface area (Å²) in [6, 6.07) is -0.529. The number of carboxylic acid groups (broad SMARTS) is 1. The summed E-state index contributed by atoms with van der Waals surface area (Å²) >= 11 is 5.88. The van der Waals surface area contributed by atoms with Crippen LogP contribution in [0.3, 0.4) is 0 Å². The average molecular weight is 260 g/mol. The first kappa shape index (κ1) is 14.0. The Labute approximate surface area is 106 Å². The molecular weight excluding hydrogens is 242 g/mol. The minimum atomic E-state index is -0.826. The van der Waals surface area contributed by atoms with Crippen LogP contribution in [0.2, 0.25) is 5.02 Å². The molecule has 0 fully saturated rings. The Balaban J connectivity index is 2.48. The van der Waals surface area contributed by atoms with E-state index in [-0.39, 0.29) is 0 Å². The Morgan fingerprint density at radius 3 is 2.88 bits per heavy atom. The molecule has 1 unspecified atom stereocenters. The Morgan fingerprint density at radius 1 is 1.71 bits per heavy atom. The van der Waals surface area contributed by atoms with Crippen molar-refractivity contribution in [3.63, 3.8) is 0 Å². The van der Waals surface area contributed by atoms with Crippen LogP contribution in [0.25, 0.3) is 0 Å². The lowest BCUT2D eigenvalue weighted by Crippen LogP contribution is -2.38. The first-order chi connectivity index (χ1) is 8.04. The zero-order valence-electron chi connectivity index (χ0n) is 10.1. The molecule has 1 rings (SSSR count). The van der Waals surface area contributed by atoms with Crippen molar-refractivity contribution in [1.29, 1.82) is 0 Å². The summed E-state index contributed by atoms with van der Waals surface area (Å²) in [6.45, 7) is 5.07. The van der Waals surface area contributed by atoms with Gasteiger partial charge in [-0.25, -0.2) is 0 Å². The Bertz CT molecular complexity index is 359. The van der Waals surface area contributed by atoms with E-state index in [2.05, 4.69) is 10.4 Å². The summed E-state index contributed by atoms with van der Waals surface area (Å²) in [5, 5.41) is 16.8. The molecule has 0 aliphatic carbocycles. The van der Waals surface area contributed by atoms with Crippen LogP contribution in [0.15, 0.2) is 6.20 Å². The van der Waals surface area contributed by atoms with Gasteiger partial charge in [0, 0.05) is 12.7 Å². The number of nitrogens with one attached hydrogen (secondary N) is 1. The van der Waals surface area contributed by atoms with Crippen molar-refractivity contribution < 1.29 is 9.90 Å². The molecule has 1 aromatic heterocycles. The van der Waals surface area contributed by atoms with Gasteiger partial charge in [-0.15, -0.1) is 0 Å². The van der Waals surface area contributed by atoms with Crippen LogP contribution in [-0.4, -0.2) is 33.4 Å². The summed E-state index contributed by atoms with van der Waals surface area (Å²) < 4.78 is 1.68. The molecule has 6 heteroatoms. The van der Waals surface area contributed by atoms with Crippen LogP contribution < -0.4 is 5.32 Å². The second-order valence-corrected chi connectivity index (χ2v) is 4.37. The molecule has 5 nitrogen and oxygen atoms in total. The molecule has 0 aliphatic heterocycles. The first-order valence-corrected chi connectivity index (χ1v) is 6.08. The fourth-order valence-electron chi connectivity index (χ4n) is 1.50. The zero-order valence-corrected chi connectivity index (χ0v) is 10.9. The van der Waals surface area contributed by atoms with E-state index in [9.17, 15) is 4.79 Å². The molecule has 1 heterocycles. The van der Waals surface area contributed by atoms with E-state index < -0.39 is 12.0 Å². The predicted molar refractivity (Wildman–Crippen MR) is 66.3 cm³/mol. The number of nitrogens with zero attached hydrogens (tertiary/aromatic N) is 2. The minimum Gasteiger partial charge on any atom is -0.480 e. The van der Waals surface area contributed by atoms with E-state index in [0.717, 1.165) is 12.1 Å². The third kappa shape index (κ3) is 4.36. The second-order valence-electron chi connectivity index (χ2n) is 3.96. The molecule has 0 amide bonds. The summed E-state index contributed by atoms with van der Waals surface area (Å²) in [5.41, 5.74) is 0.764. The minimum absolute atomic E-state index is 0.493. The molecule has 0 aromatic carbocycles. The number of rotatable bonds is 7. The summed E-state index contributed by atoms with van der Waals surface area (Å²) in [5.74, 6) is -0.826. The maximum absolute atomic E-state index is 11.0. The fraction of sp³-hybridized carbons (Fsp3) is 0.636. The van der Waals surface area contributed by atoms with E-state index in [1.54, 1.807) is 10.9 Å². The van der Waals surface area contributed by atoms with Crippen molar-refractivity contribution in [3.8, 4) is 0 Å². The van der Waals surface area contributed by atoms with Crippen LogP contribution >= 0.6 is 11.6 Å². The first-order valence-electron chi connectivity index (χ1n) is 5.70. The van der Waals surface area contributed by atoms with Crippen LogP contribution in [0.1, 0.15) is 25.5 Å². The van der Waals surface area contributed by atoms with Crippen molar-refractivity contribution in [2.24, 2.45) is 0 Å². The number of aryl methyl sites for hydroxylation is 2. The molecular formula is C11H18ClN3O2.